The van der Waals surface area contributed by atoms with Crippen molar-refractivity contribution in [3.8, 4) is 11.6 Å². The molecular weight excluding hydrogens is 347 g/mol. The number of esters is 1. The van der Waals surface area contributed by atoms with Crippen LogP contribution in [-0.4, -0.2) is 17.6 Å². The van der Waals surface area contributed by atoms with Crippen molar-refractivity contribution < 1.29 is 27.4 Å². The smallest absolute Gasteiger partial charge is 0.416 e. The van der Waals surface area contributed by atoms with E-state index in [1.54, 1.807) is 25.3 Å². The van der Waals surface area contributed by atoms with Crippen molar-refractivity contribution in [2.75, 3.05) is 6.61 Å². The third-order valence-electron chi connectivity index (χ3n) is 3.58. The Morgan fingerprint density at radius 1 is 1.15 bits per heavy atom. The van der Waals surface area contributed by atoms with Gasteiger partial charge in [-0.15, -0.1) is 0 Å². The molecule has 26 heavy (non-hydrogen) atoms. The number of carbonyl (C=O) groups excluding carboxylic acids is 1. The van der Waals surface area contributed by atoms with Crippen LogP contribution in [0.2, 0.25) is 0 Å². The zero-order valence-corrected chi connectivity index (χ0v) is 14.4. The zero-order chi connectivity index (χ0) is 19.0. The summed E-state index contributed by atoms with van der Waals surface area (Å²) in [5, 5.41) is 0. The number of hydrogen-bond donors (Lipinski definition) is 0. The van der Waals surface area contributed by atoms with Crippen LogP contribution in [0.1, 0.15) is 37.3 Å². The Kier molecular flexibility index (Phi) is 7.00. The van der Waals surface area contributed by atoms with Gasteiger partial charge in [-0.2, -0.15) is 13.2 Å². The van der Waals surface area contributed by atoms with Crippen molar-refractivity contribution in [2.24, 2.45) is 0 Å². The number of halogens is 3. The molecule has 1 aromatic heterocycles. The molecule has 4 nitrogen and oxygen atoms in total. The maximum absolute atomic E-state index is 12.7. The van der Waals surface area contributed by atoms with E-state index in [-0.39, 0.29) is 17.6 Å². The van der Waals surface area contributed by atoms with Crippen LogP contribution < -0.4 is 4.74 Å². The molecule has 0 saturated carbocycles. The third kappa shape index (κ3) is 6.38. The quantitative estimate of drug-likeness (QED) is 0.477. The minimum absolute atomic E-state index is 0.0783. The first-order valence-corrected chi connectivity index (χ1v) is 8.34. The Morgan fingerprint density at radius 2 is 1.96 bits per heavy atom. The molecule has 1 aromatic carbocycles. The number of unbranched alkanes of at least 4 members (excludes halogenated alkanes) is 1. The maximum Gasteiger partial charge on any atom is 0.416 e. The average molecular weight is 367 g/mol. The molecule has 7 heteroatoms. The predicted octanol–water partition coefficient (Wildman–Crippen LogP) is 5.17. The van der Waals surface area contributed by atoms with E-state index in [9.17, 15) is 18.0 Å². The molecule has 140 valence electrons. The molecule has 1 heterocycles. The molecule has 0 aliphatic heterocycles. The van der Waals surface area contributed by atoms with E-state index in [2.05, 4.69) is 4.98 Å². The van der Waals surface area contributed by atoms with Crippen LogP contribution in [0.3, 0.4) is 0 Å². The molecule has 0 aliphatic rings. The summed E-state index contributed by atoms with van der Waals surface area (Å²) in [7, 11) is 0. The molecule has 0 saturated heterocycles. The van der Waals surface area contributed by atoms with Crippen LogP contribution in [0.15, 0.2) is 42.6 Å². The normalized spacial score (nSPS) is 11.2. The summed E-state index contributed by atoms with van der Waals surface area (Å²) in [6.45, 7) is 2.16. The van der Waals surface area contributed by atoms with Gasteiger partial charge in [-0.1, -0.05) is 12.1 Å². The van der Waals surface area contributed by atoms with Crippen molar-refractivity contribution in [2.45, 2.75) is 38.8 Å². The van der Waals surface area contributed by atoms with Crippen LogP contribution in [0.4, 0.5) is 13.2 Å². The summed E-state index contributed by atoms with van der Waals surface area (Å²) in [5.41, 5.74) is 0.193. The summed E-state index contributed by atoms with van der Waals surface area (Å²) in [6, 6.07) is 8.07. The van der Waals surface area contributed by atoms with Crippen molar-refractivity contribution in [3.05, 3.63) is 53.7 Å². The highest BCUT2D eigenvalue weighted by molar-refractivity contribution is 5.69. The van der Waals surface area contributed by atoms with Gasteiger partial charge >= 0.3 is 12.1 Å². The van der Waals surface area contributed by atoms with Gasteiger partial charge in [0.15, 0.2) is 0 Å². The highest BCUT2D eigenvalue weighted by Gasteiger charge is 2.30. The Labute approximate surface area is 150 Å². The van der Waals surface area contributed by atoms with Crippen LogP contribution >= 0.6 is 0 Å². The topological polar surface area (TPSA) is 48.4 Å². The molecule has 0 unspecified atom stereocenters. The number of alkyl halides is 3. The fraction of sp³-hybridized carbons (Fsp3) is 0.368. The number of hydrogen-bond acceptors (Lipinski definition) is 4. The summed E-state index contributed by atoms with van der Waals surface area (Å²) in [6.07, 6.45) is -0.128. The number of benzene rings is 1. The Bertz CT molecular complexity index is 715. The van der Waals surface area contributed by atoms with E-state index in [0.717, 1.165) is 37.0 Å². The van der Waals surface area contributed by atoms with Gasteiger partial charge in [0, 0.05) is 18.7 Å². The predicted molar refractivity (Wildman–Crippen MR) is 89.9 cm³/mol. The number of aromatic nitrogens is 1. The van der Waals surface area contributed by atoms with Gasteiger partial charge in [-0.05, 0) is 49.9 Å². The average Bonchev–Trinajstić information content (AvgIpc) is 2.60. The fourth-order valence-corrected chi connectivity index (χ4v) is 2.31. The van der Waals surface area contributed by atoms with Gasteiger partial charge in [0.05, 0.1) is 12.2 Å². The molecule has 0 aliphatic carbocycles. The highest BCUT2D eigenvalue weighted by atomic mass is 19.4. The van der Waals surface area contributed by atoms with E-state index < -0.39 is 11.7 Å². The number of pyridine rings is 1. The molecule has 0 amide bonds. The second-order valence-corrected chi connectivity index (χ2v) is 5.64. The third-order valence-corrected chi connectivity index (χ3v) is 3.58. The Balaban J connectivity index is 1.85. The number of carbonyl (C=O) groups is 1. The van der Waals surface area contributed by atoms with Crippen molar-refractivity contribution >= 4 is 5.97 Å². The molecule has 0 bridgehead atoms. The van der Waals surface area contributed by atoms with Crippen LogP contribution in [0.5, 0.6) is 11.6 Å². The largest absolute Gasteiger partial charge is 0.466 e. The summed E-state index contributed by atoms with van der Waals surface area (Å²) < 4.78 is 48.3. The van der Waals surface area contributed by atoms with E-state index >= 15 is 0 Å². The SMILES string of the molecule is CCOC(=O)CCCCc1ccc(Oc2cccc(C(F)(F)F)c2)nc1. The lowest BCUT2D eigenvalue weighted by atomic mass is 10.1. The van der Waals surface area contributed by atoms with Gasteiger partial charge in [0.2, 0.25) is 5.88 Å². The second kappa shape index (κ2) is 9.22. The number of ether oxygens (including phenoxy) is 2. The molecule has 0 fully saturated rings. The first-order chi connectivity index (χ1) is 12.4. The van der Waals surface area contributed by atoms with E-state index in [1.807, 2.05) is 0 Å². The van der Waals surface area contributed by atoms with Gasteiger partial charge in [0.1, 0.15) is 5.75 Å². The summed E-state index contributed by atoms with van der Waals surface area (Å²) >= 11 is 0. The summed E-state index contributed by atoms with van der Waals surface area (Å²) in [4.78, 5) is 15.4. The molecule has 0 radical (unpaired) electrons. The first kappa shape index (κ1) is 19.8. The maximum atomic E-state index is 12.7. The van der Waals surface area contributed by atoms with Gasteiger partial charge in [-0.3, -0.25) is 4.79 Å². The molecular formula is C19H20F3NO3. The summed E-state index contributed by atoms with van der Waals surface area (Å²) in [5.74, 6) is 0.101. The van der Waals surface area contributed by atoms with E-state index in [1.165, 1.54) is 12.1 Å². The standard InChI is InChI=1S/C19H20F3NO3/c1-2-25-18(24)9-4-3-6-14-10-11-17(23-13-14)26-16-8-5-7-15(12-16)19(20,21)22/h5,7-8,10-13H,2-4,6,9H2,1H3. The Morgan fingerprint density at radius 3 is 2.62 bits per heavy atom. The molecule has 0 spiro atoms. The Hall–Kier alpha value is -2.57. The zero-order valence-electron chi connectivity index (χ0n) is 14.4. The van der Waals surface area contributed by atoms with Crippen LogP contribution in [0.25, 0.3) is 0 Å². The minimum atomic E-state index is -4.42. The molecule has 2 aromatic rings. The first-order valence-electron chi connectivity index (χ1n) is 8.34. The fourth-order valence-electron chi connectivity index (χ4n) is 2.31. The van der Waals surface area contributed by atoms with Crippen LogP contribution in [-0.2, 0) is 22.1 Å². The number of aryl methyl sites for hydroxylation is 1. The van der Waals surface area contributed by atoms with Crippen molar-refractivity contribution in [1.29, 1.82) is 0 Å². The number of nitrogens with zero attached hydrogens (tertiary/aromatic N) is 1. The lowest BCUT2D eigenvalue weighted by Gasteiger charge is -2.09. The lowest BCUT2D eigenvalue weighted by Crippen LogP contribution is -2.04. The van der Waals surface area contributed by atoms with Gasteiger partial charge < -0.3 is 9.47 Å². The minimum Gasteiger partial charge on any atom is -0.466 e. The molecule has 0 atom stereocenters. The number of rotatable bonds is 8. The monoisotopic (exact) mass is 367 g/mol. The molecule has 0 N–H and O–H groups in total. The second-order valence-electron chi connectivity index (χ2n) is 5.64. The highest BCUT2D eigenvalue weighted by Crippen LogP contribution is 2.32. The van der Waals surface area contributed by atoms with Crippen LogP contribution in [0, 0.1) is 0 Å². The molecule has 2 rings (SSSR count). The van der Waals surface area contributed by atoms with Crippen molar-refractivity contribution in [3.63, 3.8) is 0 Å². The van der Waals surface area contributed by atoms with Gasteiger partial charge in [0.25, 0.3) is 0 Å². The van der Waals surface area contributed by atoms with E-state index in [0.29, 0.717) is 13.0 Å². The lowest BCUT2D eigenvalue weighted by molar-refractivity contribution is -0.143. The van der Waals surface area contributed by atoms with Gasteiger partial charge in [-0.25, -0.2) is 4.98 Å². The van der Waals surface area contributed by atoms with E-state index in [4.69, 9.17) is 9.47 Å². The van der Waals surface area contributed by atoms with Crippen molar-refractivity contribution in [1.82, 2.24) is 4.98 Å².